The molecule has 17 heavy (non-hydrogen) atoms. The third-order valence-electron chi connectivity index (χ3n) is 3.43. The molecule has 0 aromatic rings. The molecule has 2 fully saturated rings. The van der Waals surface area contributed by atoms with Gasteiger partial charge in [-0.15, -0.1) is 0 Å². The van der Waals surface area contributed by atoms with E-state index in [2.05, 4.69) is 17.1 Å². The standard InChI is InChI=1S/C11H22N2.2C2H6/c1-2-13-7-5-11(6-8-13)12-9-10-3-4-10;2*1-2/h10-12H,2-9H2,1H3;2*1-2H3. The predicted molar refractivity (Wildman–Crippen MR) is 78.6 cm³/mol. The van der Waals surface area contributed by atoms with Gasteiger partial charge in [0.1, 0.15) is 0 Å². The second kappa shape index (κ2) is 11.0. The van der Waals surface area contributed by atoms with Crippen LogP contribution in [0.5, 0.6) is 0 Å². The molecular formula is C15H34N2. The van der Waals surface area contributed by atoms with Crippen molar-refractivity contribution in [3.8, 4) is 0 Å². The average molecular weight is 242 g/mol. The molecule has 0 amide bonds. The molecule has 0 bridgehead atoms. The van der Waals surface area contributed by atoms with E-state index in [4.69, 9.17) is 0 Å². The van der Waals surface area contributed by atoms with Crippen LogP contribution in [0.1, 0.15) is 60.3 Å². The predicted octanol–water partition coefficient (Wildman–Crippen LogP) is 3.52. The third-order valence-corrected chi connectivity index (χ3v) is 3.43. The first-order valence-electron chi connectivity index (χ1n) is 7.84. The van der Waals surface area contributed by atoms with E-state index in [0.717, 1.165) is 12.0 Å². The van der Waals surface area contributed by atoms with Crippen LogP contribution < -0.4 is 5.32 Å². The monoisotopic (exact) mass is 242 g/mol. The van der Waals surface area contributed by atoms with Gasteiger partial charge in [0.05, 0.1) is 0 Å². The van der Waals surface area contributed by atoms with Crippen LogP contribution in [0.3, 0.4) is 0 Å². The Bertz CT molecular complexity index is 147. The van der Waals surface area contributed by atoms with Gasteiger partial charge in [0.15, 0.2) is 0 Å². The molecule has 0 atom stereocenters. The van der Waals surface area contributed by atoms with Crippen LogP contribution in [0, 0.1) is 5.92 Å². The van der Waals surface area contributed by atoms with E-state index >= 15 is 0 Å². The van der Waals surface area contributed by atoms with Gasteiger partial charge in [-0.2, -0.15) is 0 Å². The zero-order valence-corrected chi connectivity index (χ0v) is 12.8. The first-order chi connectivity index (χ1) is 8.38. The molecule has 2 rings (SSSR count). The SMILES string of the molecule is CC.CC.CCN1CCC(NCC2CC2)CC1. The highest BCUT2D eigenvalue weighted by molar-refractivity contribution is 4.81. The van der Waals surface area contributed by atoms with Crippen molar-refractivity contribution in [1.29, 1.82) is 0 Å². The molecular weight excluding hydrogens is 208 g/mol. The third kappa shape index (κ3) is 7.77. The molecule has 0 aromatic heterocycles. The smallest absolute Gasteiger partial charge is 0.00915 e. The number of nitrogens with zero attached hydrogens (tertiary/aromatic N) is 1. The number of hydrogen-bond donors (Lipinski definition) is 1. The van der Waals surface area contributed by atoms with E-state index in [1.807, 2.05) is 27.7 Å². The number of nitrogens with one attached hydrogen (secondary N) is 1. The van der Waals surface area contributed by atoms with Crippen molar-refractivity contribution in [2.45, 2.75) is 66.3 Å². The average Bonchev–Trinajstić information content (AvgIpc) is 3.26. The minimum Gasteiger partial charge on any atom is -0.314 e. The molecule has 0 radical (unpaired) electrons. The lowest BCUT2D eigenvalue weighted by Gasteiger charge is -2.31. The first kappa shape index (κ1) is 16.9. The second-order valence-corrected chi connectivity index (χ2v) is 4.56. The Balaban J connectivity index is 0.000000581. The van der Waals surface area contributed by atoms with Crippen LogP contribution in [0.25, 0.3) is 0 Å². The van der Waals surface area contributed by atoms with E-state index in [-0.39, 0.29) is 0 Å². The van der Waals surface area contributed by atoms with E-state index < -0.39 is 0 Å². The lowest BCUT2D eigenvalue weighted by Crippen LogP contribution is -2.42. The zero-order chi connectivity index (χ0) is 13.1. The Kier molecular flexibility index (Phi) is 11.0. The molecule has 104 valence electrons. The van der Waals surface area contributed by atoms with Gasteiger partial charge in [0, 0.05) is 6.04 Å². The number of rotatable bonds is 4. The van der Waals surface area contributed by atoms with Crippen molar-refractivity contribution in [3.63, 3.8) is 0 Å². The molecule has 0 spiro atoms. The fraction of sp³-hybridized carbons (Fsp3) is 1.00. The molecule has 1 saturated heterocycles. The summed E-state index contributed by atoms with van der Waals surface area (Å²) < 4.78 is 0. The molecule has 2 aliphatic rings. The molecule has 1 aliphatic heterocycles. The maximum atomic E-state index is 3.70. The maximum Gasteiger partial charge on any atom is 0.00915 e. The van der Waals surface area contributed by atoms with Crippen LogP contribution in [-0.4, -0.2) is 37.1 Å². The summed E-state index contributed by atoms with van der Waals surface area (Å²) in [6.07, 6.45) is 5.67. The molecule has 2 nitrogen and oxygen atoms in total. The van der Waals surface area contributed by atoms with Gasteiger partial charge in [-0.25, -0.2) is 0 Å². The van der Waals surface area contributed by atoms with Gasteiger partial charge in [-0.1, -0.05) is 34.6 Å². The summed E-state index contributed by atoms with van der Waals surface area (Å²) in [6.45, 7) is 15.4. The van der Waals surface area contributed by atoms with Crippen LogP contribution in [-0.2, 0) is 0 Å². The normalized spacial score (nSPS) is 21.0. The summed E-state index contributed by atoms with van der Waals surface area (Å²) >= 11 is 0. The summed E-state index contributed by atoms with van der Waals surface area (Å²) in [7, 11) is 0. The van der Waals surface area contributed by atoms with Gasteiger partial charge in [0.25, 0.3) is 0 Å². The highest BCUT2D eigenvalue weighted by Gasteiger charge is 2.23. The van der Waals surface area contributed by atoms with Crippen molar-refractivity contribution in [2.24, 2.45) is 5.92 Å². The Hall–Kier alpha value is -0.0800. The van der Waals surface area contributed by atoms with Crippen LogP contribution >= 0.6 is 0 Å². The van der Waals surface area contributed by atoms with Crippen molar-refractivity contribution >= 4 is 0 Å². The Morgan fingerprint density at radius 3 is 1.88 bits per heavy atom. The summed E-state index contributed by atoms with van der Waals surface area (Å²) in [4.78, 5) is 2.55. The van der Waals surface area contributed by atoms with Gasteiger partial charge in [0.2, 0.25) is 0 Å². The van der Waals surface area contributed by atoms with E-state index in [9.17, 15) is 0 Å². The quantitative estimate of drug-likeness (QED) is 0.811. The van der Waals surface area contributed by atoms with Crippen LogP contribution in [0.4, 0.5) is 0 Å². The van der Waals surface area contributed by atoms with Crippen molar-refractivity contribution < 1.29 is 0 Å². The van der Waals surface area contributed by atoms with Crippen molar-refractivity contribution in [1.82, 2.24) is 10.2 Å². The number of piperidine rings is 1. The molecule has 1 saturated carbocycles. The Labute approximate surface area is 109 Å². The van der Waals surface area contributed by atoms with Gasteiger partial charge >= 0.3 is 0 Å². The van der Waals surface area contributed by atoms with E-state index in [1.165, 1.54) is 51.9 Å². The fourth-order valence-corrected chi connectivity index (χ4v) is 2.11. The fourth-order valence-electron chi connectivity index (χ4n) is 2.11. The molecule has 1 heterocycles. The van der Waals surface area contributed by atoms with Gasteiger partial charge < -0.3 is 10.2 Å². The Morgan fingerprint density at radius 1 is 0.941 bits per heavy atom. The molecule has 0 unspecified atom stereocenters. The summed E-state index contributed by atoms with van der Waals surface area (Å²) in [6, 6.07) is 0.823. The number of likely N-dealkylation sites (tertiary alicyclic amines) is 1. The minimum atomic E-state index is 0.823. The van der Waals surface area contributed by atoms with Crippen molar-refractivity contribution in [3.05, 3.63) is 0 Å². The highest BCUT2D eigenvalue weighted by atomic mass is 15.1. The summed E-state index contributed by atoms with van der Waals surface area (Å²) in [5.74, 6) is 1.03. The molecule has 1 aliphatic carbocycles. The molecule has 0 aromatic carbocycles. The van der Waals surface area contributed by atoms with E-state index in [1.54, 1.807) is 0 Å². The zero-order valence-electron chi connectivity index (χ0n) is 12.8. The first-order valence-corrected chi connectivity index (χ1v) is 7.84. The van der Waals surface area contributed by atoms with Crippen LogP contribution in [0.2, 0.25) is 0 Å². The van der Waals surface area contributed by atoms with Crippen molar-refractivity contribution in [2.75, 3.05) is 26.2 Å². The maximum absolute atomic E-state index is 3.70. The summed E-state index contributed by atoms with van der Waals surface area (Å²) in [5.41, 5.74) is 0. The highest BCUT2D eigenvalue weighted by Crippen LogP contribution is 2.28. The lowest BCUT2D eigenvalue weighted by atomic mass is 10.1. The minimum absolute atomic E-state index is 0.823. The number of hydrogen-bond acceptors (Lipinski definition) is 2. The Morgan fingerprint density at radius 2 is 1.47 bits per heavy atom. The topological polar surface area (TPSA) is 15.3 Å². The van der Waals surface area contributed by atoms with Crippen LogP contribution in [0.15, 0.2) is 0 Å². The van der Waals surface area contributed by atoms with Gasteiger partial charge in [-0.05, 0) is 57.8 Å². The molecule has 1 N–H and O–H groups in total. The van der Waals surface area contributed by atoms with E-state index in [0.29, 0.717) is 0 Å². The summed E-state index contributed by atoms with van der Waals surface area (Å²) in [5, 5.41) is 3.70. The second-order valence-electron chi connectivity index (χ2n) is 4.56. The van der Waals surface area contributed by atoms with Gasteiger partial charge in [-0.3, -0.25) is 0 Å². The largest absolute Gasteiger partial charge is 0.314 e. The lowest BCUT2D eigenvalue weighted by molar-refractivity contribution is 0.206. The molecule has 2 heteroatoms.